The summed E-state index contributed by atoms with van der Waals surface area (Å²) in [5, 5.41) is 11.3. The molecule has 1 aliphatic heterocycles. The number of rotatable bonds is 5. The molecule has 1 aliphatic rings. The molecule has 122 valence electrons. The molecule has 3 amide bonds. The molecule has 1 saturated heterocycles. The van der Waals surface area contributed by atoms with E-state index in [4.69, 9.17) is 0 Å². The fourth-order valence-corrected chi connectivity index (χ4v) is 2.39. The van der Waals surface area contributed by atoms with Crippen molar-refractivity contribution in [1.82, 2.24) is 10.6 Å². The first kappa shape index (κ1) is 18.3. The summed E-state index contributed by atoms with van der Waals surface area (Å²) in [6.07, 6.45) is 2.59. The Bertz CT molecular complexity index is 504. The Balaban J connectivity index is 0.00000242. The Labute approximate surface area is 136 Å². The van der Waals surface area contributed by atoms with Crippen molar-refractivity contribution in [3.63, 3.8) is 0 Å². The molecule has 1 atom stereocenters. The predicted octanol–water partition coefficient (Wildman–Crippen LogP) is 2.19. The SMILES string of the molecule is CNC(=O)Nc1cccc(NC(=O)CCC2CCNC2)c1.Cl. The standard InChI is InChI=1S/C15H22N4O2.ClH/c1-16-15(21)19-13-4-2-3-12(9-13)18-14(20)6-5-11-7-8-17-10-11;/h2-4,9,11,17H,5-8,10H2,1H3,(H,18,20)(H2,16,19,21);1H. The third-order valence-electron chi connectivity index (χ3n) is 3.57. The second-order valence-corrected chi connectivity index (χ2v) is 5.23. The van der Waals surface area contributed by atoms with Crippen LogP contribution in [0.25, 0.3) is 0 Å². The monoisotopic (exact) mass is 326 g/mol. The van der Waals surface area contributed by atoms with E-state index >= 15 is 0 Å². The molecule has 1 heterocycles. The fourth-order valence-electron chi connectivity index (χ4n) is 2.39. The van der Waals surface area contributed by atoms with E-state index in [0.717, 1.165) is 25.9 Å². The average Bonchev–Trinajstić information content (AvgIpc) is 2.98. The number of halogens is 1. The van der Waals surface area contributed by atoms with Gasteiger partial charge in [-0.15, -0.1) is 12.4 Å². The third-order valence-corrected chi connectivity index (χ3v) is 3.57. The first-order valence-electron chi connectivity index (χ1n) is 7.27. The summed E-state index contributed by atoms with van der Waals surface area (Å²) >= 11 is 0. The van der Waals surface area contributed by atoms with Crippen LogP contribution in [0.2, 0.25) is 0 Å². The number of nitrogens with one attached hydrogen (secondary N) is 4. The van der Waals surface area contributed by atoms with E-state index in [1.54, 1.807) is 25.2 Å². The molecular formula is C15H23ClN4O2. The number of amides is 3. The molecule has 0 bridgehead atoms. The van der Waals surface area contributed by atoms with Crippen LogP contribution in [0.15, 0.2) is 24.3 Å². The number of benzene rings is 1. The molecule has 7 heteroatoms. The topological polar surface area (TPSA) is 82.3 Å². The van der Waals surface area contributed by atoms with Crippen molar-refractivity contribution in [3.05, 3.63) is 24.3 Å². The van der Waals surface area contributed by atoms with Crippen LogP contribution in [0.5, 0.6) is 0 Å². The largest absolute Gasteiger partial charge is 0.341 e. The van der Waals surface area contributed by atoms with Gasteiger partial charge in [0.2, 0.25) is 5.91 Å². The van der Waals surface area contributed by atoms with Gasteiger partial charge in [-0.3, -0.25) is 4.79 Å². The third kappa shape index (κ3) is 5.91. The van der Waals surface area contributed by atoms with Crippen LogP contribution in [-0.2, 0) is 4.79 Å². The Morgan fingerprint density at radius 1 is 1.27 bits per heavy atom. The van der Waals surface area contributed by atoms with Gasteiger partial charge >= 0.3 is 6.03 Å². The summed E-state index contributed by atoms with van der Waals surface area (Å²) in [6, 6.07) is 6.83. The average molecular weight is 327 g/mol. The number of anilines is 2. The van der Waals surface area contributed by atoms with Crippen LogP contribution >= 0.6 is 12.4 Å². The number of carbonyl (C=O) groups excluding carboxylic acids is 2. The molecule has 22 heavy (non-hydrogen) atoms. The van der Waals surface area contributed by atoms with Gasteiger partial charge in [0.05, 0.1) is 0 Å². The Hall–Kier alpha value is -1.79. The van der Waals surface area contributed by atoms with E-state index in [-0.39, 0.29) is 24.3 Å². The van der Waals surface area contributed by atoms with Crippen LogP contribution in [0.4, 0.5) is 16.2 Å². The summed E-state index contributed by atoms with van der Waals surface area (Å²) in [4.78, 5) is 23.2. The van der Waals surface area contributed by atoms with Crippen LogP contribution < -0.4 is 21.3 Å². The summed E-state index contributed by atoms with van der Waals surface area (Å²) in [5.41, 5.74) is 1.34. The van der Waals surface area contributed by atoms with E-state index in [9.17, 15) is 9.59 Å². The second kappa shape index (κ2) is 9.27. The molecule has 0 radical (unpaired) electrons. The zero-order chi connectivity index (χ0) is 15.1. The van der Waals surface area contributed by atoms with Gasteiger partial charge in [0.1, 0.15) is 0 Å². The highest BCUT2D eigenvalue weighted by Crippen LogP contribution is 2.17. The van der Waals surface area contributed by atoms with Crippen LogP contribution in [0.3, 0.4) is 0 Å². The number of carbonyl (C=O) groups is 2. The lowest BCUT2D eigenvalue weighted by Crippen LogP contribution is -2.24. The molecule has 6 nitrogen and oxygen atoms in total. The van der Waals surface area contributed by atoms with Gasteiger partial charge in [0, 0.05) is 24.8 Å². The van der Waals surface area contributed by atoms with Crippen LogP contribution in [0.1, 0.15) is 19.3 Å². The highest BCUT2D eigenvalue weighted by molar-refractivity contribution is 5.93. The lowest BCUT2D eigenvalue weighted by Gasteiger charge is -2.10. The van der Waals surface area contributed by atoms with Crippen molar-refractivity contribution in [2.75, 3.05) is 30.8 Å². The maximum absolute atomic E-state index is 11.9. The minimum Gasteiger partial charge on any atom is -0.341 e. The van der Waals surface area contributed by atoms with Crippen molar-refractivity contribution in [2.24, 2.45) is 5.92 Å². The lowest BCUT2D eigenvalue weighted by molar-refractivity contribution is -0.116. The molecule has 0 aliphatic carbocycles. The zero-order valence-electron chi connectivity index (χ0n) is 12.6. The quantitative estimate of drug-likeness (QED) is 0.669. The van der Waals surface area contributed by atoms with Gasteiger partial charge in [-0.2, -0.15) is 0 Å². The highest BCUT2D eigenvalue weighted by atomic mass is 35.5. The van der Waals surface area contributed by atoms with Crippen molar-refractivity contribution < 1.29 is 9.59 Å². The van der Waals surface area contributed by atoms with Crippen molar-refractivity contribution in [1.29, 1.82) is 0 Å². The van der Waals surface area contributed by atoms with Gasteiger partial charge in [0.25, 0.3) is 0 Å². The first-order valence-corrected chi connectivity index (χ1v) is 7.27. The fraction of sp³-hybridized carbons (Fsp3) is 0.467. The Kier molecular flexibility index (Phi) is 7.70. The zero-order valence-corrected chi connectivity index (χ0v) is 13.5. The maximum atomic E-state index is 11.9. The van der Waals surface area contributed by atoms with Gasteiger partial charge < -0.3 is 21.3 Å². The Morgan fingerprint density at radius 2 is 2.00 bits per heavy atom. The number of hydrogen-bond acceptors (Lipinski definition) is 3. The smallest absolute Gasteiger partial charge is 0.318 e. The summed E-state index contributed by atoms with van der Waals surface area (Å²) < 4.78 is 0. The molecule has 0 spiro atoms. The Morgan fingerprint density at radius 3 is 2.64 bits per heavy atom. The molecule has 1 unspecified atom stereocenters. The normalized spacial score (nSPS) is 16.5. The molecular weight excluding hydrogens is 304 g/mol. The van der Waals surface area contributed by atoms with Crippen molar-refractivity contribution in [2.45, 2.75) is 19.3 Å². The summed E-state index contributed by atoms with van der Waals surface area (Å²) in [7, 11) is 1.55. The lowest BCUT2D eigenvalue weighted by atomic mass is 10.0. The number of urea groups is 1. The molecule has 1 aromatic rings. The minimum absolute atomic E-state index is 0. The molecule has 4 N–H and O–H groups in total. The summed E-state index contributed by atoms with van der Waals surface area (Å²) in [5.74, 6) is 0.621. The number of hydrogen-bond donors (Lipinski definition) is 4. The van der Waals surface area contributed by atoms with Crippen LogP contribution in [-0.4, -0.2) is 32.1 Å². The van der Waals surface area contributed by atoms with E-state index in [2.05, 4.69) is 21.3 Å². The molecule has 1 fully saturated rings. The van der Waals surface area contributed by atoms with Crippen LogP contribution in [0, 0.1) is 5.92 Å². The second-order valence-electron chi connectivity index (χ2n) is 5.23. The van der Waals surface area contributed by atoms with Crippen molar-refractivity contribution >= 4 is 35.7 Å². The minimum atomic E-state index is -0.285. The molecule has 2 rings (SSSR count). The van der Waals surface area contributed by atoms with Gasteiger partial charge in [-0.05, 0) is 50.0 Å². The first-order chi connectivity index (χ1) is 10.2. The van der Waals surface area contributed by atoms with Gasteiger partial charge in [-0.1, -0.05) is 6.07 Å². The van der Waals surface area contributed by atoms with Gasteiger partial charge in [-0.25, -0.2) is 4.79 Å². The maximum Gasteiger partial charge on any atom is 0.318 e. The molecule has 0 aromatic heterocycles. The summed E-state index contributed by atoms with van der Waals surface area (Å²) in [6.45, 7) is 2.07. The highest BCUT2D eigenvalue weighted by Gasteiger charge is 2.15. The predicted molar refractivity (Wildman–Crippen MR) is 90.6 cm³/mol. The van der Waals surface area contributed by atoms with E-state index in [1.165, 1.54) is 0 Å². The van der Waals surface area contributed by atoms with Gasteiger partial charge in [0.15, 0.2) is 0 Å². The van der Waals surface area contributed by atoms with Crippen molar-refractivity contribution in [3.8, 4) is 0 Å². The molecule has 0 saturated carbocycles. The van der Waals surface area contributed by atoms with E-state index in [1.807, 2.05) is 6.07 Å². The molecule has 1 aromatic carbocycles. The van der Waals surface area contributed by atoms with E-state index in [0.29, 0.717) is 23.7 Å². The van der Waals surface area contributed by atoms with E-state index < -0.39 is 0 Å².